The number of thioether (sulfide) groups is 1. The van der Waals surface area contributed by atoms with Gasteiger partial charge in [-0.3, -0.25) is 5.32 Å². The van der Waals surface area contributed by atoms with E-state index in [2.05, 4.69) is 36.5 Å². The average molecular weight is 346 g/mol. The molecular weight excluding hydrogens is 324 g/mol. The second kappa shape index (κ2) is 6.39. The van der Waals surface area contributed by atoms with E-state index < -0.39 is 0 Å². The first-order valence-corrected chi connectivity index (χ1v) is 8.95. The van der Waals surface area contributed by atoms with Crippen LogP contribution in [0.1, 0.15) is 32.0 Å². The van der Waals surface area contributed by atoms with Crippen molar-refractivity contribution in [3.8, 4) is 5.75 Å². The van der Waals surface area contributed by atoms with Gasteiger partial charge < -0.3 is 10.1 Å². The quantitative estimate of drug-likeness (QED) is 0.880. The molecule has 2 amide bonds. The molecule has 1 aromatic carbocycles. The minimum atomic E-state index is -0.273. The van der Waals surface area contributed by atoms with E-state index in [9.17, 15) is 4.79 Å². The van der Waals surface area contributed by atoms with E-state index in [1.165, 1.54) is 0 Å². The fourth-order valence-electron chi connectivity index (χ4n) is 2.57. The van der Waals surface area contributed by atoms with E-state index in [0.717, 1.165) is 34.3 Å². The summed E-state index contributed by atoms with van der Waals surface area (Å²) in [6, 6.07) is 6.96. The fourth-order valence-corrected chi connectivity index (χ4v) is 3.61. The summed E-state index contributed by atoms with van der Waals surface area (Å²) in [5.74, 6) is 3.31. The third-order valence-electron chi connectivity index (χ3n) is 3.77. The molecule has 1 aliphatic heterocycles. The summed E-state index contributed by atoms with van der Waals surface area (Å²) >= 11 is 1.82. The molecular formula is C17H22N4O2S. The zero-order chi connectivity index (χ0) is 17.3. The van der Waals surface area contributed by atoms with Gasteiger partial charge in [0.05, 0.1) is 18.3 Å². The number of amides is 2. The van der Waals surface area contributed by atoms with Gasteiger partial charge in [-0.1, -0.05) is 0 Å². The zero-order valence-corrected chi connectivity index (χ0v) is 15.2. The maximum absolute atomic E-state index is 12.4. The van der Waals surface area contributed by atoms with Crippen molar-refractivity contribution in [3.63, 3.8) is 0 Å². The van der Waals surface area contributed by atoms with Crippen LogP contribution in [0.5, 0.6) is 5.75 Å². The second-order valence-electron chi connectivity index (χ2n) is 6.66. The Bertz CT molecular complexity index is 747. The molecule has 24 heavy (non-hydrogen) atoms. The minimum absolute atomic E-state index is 0.197. The van der Waals surface area contributed by atoms with Crippen LogP contribution in [0, 0.1) is 0 Å². The van der Waals surface area contributed by atoms with Crippen molar-refractivity contribution < 1.29 is 9.53 Å². The number of nitrogens with one attached hydrogen (secondary N) is 2. The van der Waals surface area contributed by atoms with E-state index in [0.29, 0.717) is 5.69 Å². The molecule has 0 spiro atoms. The number of hydrogen-bond donors (Lipinski definition) is 2. The number of hydrogen-bond acceptors (Lipinski definition) is 4. The van der Waals surface area contributed by atoms with Crippen LogP contribution in [0.4, 0.5) is 16.3 Å². The van der Waals surface area contributed by atoms with Crippen molar-refractivity contribution in [3.05, 3.63) is 35.5 Å². The summed E-state index contributed by atoms with van der Waals surface area (Å²) in [7, 11) is 1.61. The van der Waals surface area contributed by atoms with Crippen LogP contribution in [0.3, 0.4) is 0 Å². The van der Waals surface area contributed by atoms with Crippen molar-refractivity contribution in [1.29, 1.82) is 0 Å². The van der Waals surface area contributed by atoms with Gasteiger partial charge in [-0.15, -0.1) is 0 Å². The van der Waals surface area contributed by atoms with E-state index in [4.69, 9.17) is 4.74 Å². The Balaban J connectivity index is 1.78. The summed E-state index contributed by atoms with van der Waals surface area (Å²) in [4.78, 5) is 12.4. The van der Waals surface area contributed by atoms with E-state index in [1.54, 1.807) is 19.2 Å². The summed E-state index contributed by atoms with van der Waals surface area (Å²) in [5, 5.41) is 10.5. The van der Waals surface area contributed by atoms with Crippen molar-refractivity contribution >= 4 is 29.3 Å². The fraction of sp³-hybridized carbons (Fsp3) is 0.412. The van der Waals surface area contributed by atoms with Crippen molar-refractivity contribution in [2.24, 2.45) is 0 Å². The molecule has 0 atom stereocenters. The van der Waals surface area contributed by atoms with Gasteiger partial charge in [-0.05, 0) is 45.0 Å². The predicted molar refractivity (Wildman–Crippen MR) is 97.9 cm³/mol. The largest absolute Gasteiger partial charge is 0.497 e. The lowest BCUT2D eigenvalue weighted by atomic mass is 10.1. The number of aromatic nitrogens is 2. The molecule has 1 aliphatic rings. The molecule has 0 saturated carbocycles. The Morgan fingerprint density at radius 2 is 1.92 bits per heavy atom. The summed E-state index contributed by atoms with van der Waals surface area (Å²) in [6.45, 7) is 6.23. The highest BCUT2D eigenvalue weighted by atomic mass is 32.2. The summed E-state index contributed by atoms with van der Waals surface area (Å²) in [6.07, 6.45) is 0. The number of nitrogens with zero attached hydrogens (tertiary/aromatic N) is 2. The maximum Gasteiger partial charge on any atom is 0.324 e. The topological polar surface area (TPSA) is 68.2 Å². The standard InChI is InChI=1S/C17H22N4O2S/c1-17(2,3)21-15(13-9-24-10-14(13)20-21)19-16(22)18-11-5-7-12(23-4)8-6-11/h5-8H,9-10H2,1-4H3,(H2,18,19,22). The molecule has 2 heterocycles. The first-order chi connectivity index (χ1) is 11.4. The minimum Gasteiger partial charge on any atom is -0.497 e. The van der Waals surface area contributed by atoms with E-state index >= 15 is 0 Å². The highest BCUT2D eigenvalue weighted by Crippen LogP contribution is 2.37. The zero-order valence-electron chi connectivity index (χ0n) is 14.3. The highest BCUT2D eigenvalue weighted by Gasteiger charge is 2.28. The number of anilines is 2. The average Bonchev–Trinajstić information content (AvgIpc) is 3.10. The SMILES string of the molecule is COc1ccc(NC(=O)Nc2c3c(nn2C(C)(C)C)CSC3)cc1. The first-order valence-electron chi connectivity index (χ1n) is 7.79. The maximum atomic E-state index is 12.4. The number of carbonyl (C=O) groups excluding carboxylic acids is 1. The molecule has 128 valence electrons. The van der Waals surface area contributed by atoms with Gasteiger partial charge in [0.2, 0.25) is 0 Å². The van der Waals surface area contributed by atoms with Crippen LogP contribution in [-0.2, 0) is 17.0 Å². The van der Waals surface area contributed by atoms with Crippen LogP contribution in [0.15, 0.2) is 24.3 Å². The van der Waals surface area contributed by atoms with Crippen molar-refractivity contribution in [2.75, 3.05) is 17.7 Å². The number of rotatable bonds is 3. The Morgan fingerprint density at radius 1 is 1.21 bits per heavy atom. The molecule has 0 radical (unpaired) electrons. The molecule has 2 aromatic rings. The molecule has 7 heteroatoms. The van der Waals surface area contributed by atoms with Gasteiger partial charge in [0, 0.05) is 22.8 Å². The lowest BCUT2D eigenvalue weighted by molar-refractivity contribution is 0.261. The van der Waals surface area contributed by atoms with Crippen LogP contribution in [0.25, 0.3) is 0 Å². The van der Waals surface area contributed by atoms with Crippen molar-refractivity contribution in [2.45, 2.75) is 37.8 Å². The number of benzene rings is 1. The Morgan fingerprint density at radius 3 is 2.54 bits per heavy atom. The molecule has 0 aliphatic carbocycles. The number of ether oxygens (including phenoxy) is 1. The van der Waals surface area contributed by atoms with E-state index in [1.807, 2.05) is 28.6 Å². The molecule has 0 saturated heterocycles. The van der Waals surface area contributed by atoms with E-state index in [-0.39, 0.29) is 11.6 Å². The molecule has 0 fully saturated rings. The Kier molecular flexibility index (Phi) is 4.45. The summed E-state index contributed by atoms with van der Waals surface area (Å²) < 4.78 is 7.03. The molecule has 3 rings (SSSR count). The smallest absolute Gasteiger partial charge is 0.324 e. The number of carbonyl (C=O) groups is 1. The predicted octanol–water partition coefficient (Wildman–Crippen LogP) is 4.04. The lowest BCUT2D eigenvalue weighted by Gasteiger charge is -2.23. The van der Waals surface area contributed by atoms with Crippen LogP contribution in [-0.4, -0.2) is 22.9 Å². The van der Waals surface area contributed by atoms with Crippen LogP contribution in [0.2, 0.25) is 0 Å². The number of urea groups is 1. The van der Waals surface area contributed by atoms with Crippen molar-refractivity contribution in [1.82, 2.24) is 9.78 Å². The van der Waals surface area contributed by atoms with Gasteiger partial charge in [-0.2, -0.15) is 16.9 Å². The number of fused-ring (bicyclic) bond motifs is 1. The second-order valence-corrected chi connectivity index (χ2v) is 7.64. The lowest BCUT2D eigenvalue weighted by Crippen LogP contribution is -2.29. The van der Waals surface area contributed by atoms with Gasteiger partial charge >= 0.3 is 6.03 Å². The Hall–Kier alpha value is -2.15. The first kappa shape index (κ1) is 16.7. The van der Waals surface area contributed by atoms with Crippen LogP contribution < -0.4 is 15.4 Å². The third-order valence-corrected chi connectivity index (χ3v) is 4.74. The molecule has 0 unspecified atom stereocenters. The summed E-state index contributed by atoms with van der Waals surface area (Å²) in [5.41, 5.74) is 2.70. The third kappa shape index (κ3) is 3.36. The van der Waals surface area contributed by atoms with Gasteiger partial charge in [-0.25, -0.2) is 9.48 Å². The van der Waals surface area contributed by atoms with Gasteiger partial charge in [0.1, 0.15) is 11.6 Å². The van der Waals surface area contributed by atoms with Crippen LogP contribution >= 0.6 is 11.8 Å². The Labute approximate surface area is 146 Å². The molecule has 6 nitrogen and oxygen atoms in total. The monoisotopic (exact) mass is 346 g/mol. The number of methoxy groups -OCH3 is 1. The normalized spacial score (nSPS) is 13.5. The van der Waals surface area contributed by atoms with Gasteiger partial charge in [0.25, 0.3) is 0 Å². The highest BCUT2D eigenvalue weighted by molar-refractivity contribution is 7.98. The molecule has 1 aromatic heterocycles. The molecule has 0 bridgehead atoms. The molecule has 2 N–H and O–H groups in total. The van der Waals surface area contributed by atoms with Gasteiger partial charge in [0.15, 0.2) is 0 Å².